The smallest absolute Gasteiger partial charge is 0.389 e. The number of benzene rings is 2. The highest BCUT2D eigenvalue weighted by Crippen LogP contribution is 2.29. The van der Waals surface area contributed by atoms with Gasteiger partial charge in [-0.05, 0) is 75.6 Å². The number of sulfonamides is 1. The van der Waals surface area contributed by atoms with E-state index in [0.717, 1.165) is 0 Å². The first kappa shape index (κ1) is 38.5. The summed E-state index contributed by atoms with van der Waals surface area (Å²) in [6, 6.07) is 9.43. The Balaban J connectivity index is 1.94. The minimum Gasteiger partial charge on any atom is -0.490 e. The average Bonchev–Trinajstić information content (AvgIpc) is 3.01. The number of nitrogens with zero attached hydrogens (tertiary/aromatic N) is 2. The number of aliphatic hydroxyl groups excluding tert-OH is 1. The third kappa shape index (κ3) is 11.3. The van der Waals surface area contributed by atoms with E-state index in [1.165, 1.54) is 58.7 Å². The first-order valence-corrected chi connectivity index (χ1v) is 17.3. The number of hydrogen-bond acceptors (Lipinski definition) is 7. The first-order valence-electron chi connectivity index (χ1n) is 15.4. The molecule has 1 aliphatic heterocycles. The average molecular weight is 706 g/mol. The van der Waals surface area contributed by atoms with Crippen LogP contribution in [0.25, 0.3) is 0 Å². The molecule has 0 fully saturated rings. The summed E-state index contributed by atoms with van der Waals surface area (Å²) in [5.41, 5.74) is 0.163. The number of ether oxygens (including phenoxy) is 2. The van der Waals surface area contributed by atoms with Gasteiger partial charge in [0.25, 0.3) is 5.91 Å². The van der Waals surface area contributed by atoms with Gasteiger partial charge in [0.15, 0.2) is 0 Å². The Kier molecular flexibility index (Phi) is 13.9. The minimum absolute atomic E-state index is 0.0220. The number of nitrogens with one attached hydrogen (secondary N) is 1. The molecular formula is C32H43ClF3N3O7S. The number of likely N-dealkylation sites (N-methyl/N-ethyl adjacent to an activating group) is 1. The molecule has 4 atom stereocenters. The van der Waals surface area contributed by atoms with Crippen LogP contribution in [0.1, 0.15) is 63.2 Å². The Hall–Kier alpha value is -2.91. The third-order valence-corrected chi connectivity index (χ3v) is 10.0. The number of fused-ring (bicyclic) bond motifs is 1. The molecule has 0 spiro atoms. The van der Waals surface area contributed by atoms with E-state index in [2.05, 4.69) is 5.32 Å². The fourth-order valence-corrected chi connectivity index (χ4v) is 6.39. The maximum Gasteiger partial charge on any atom is 0.389 e. The number of carbonyl (C=O) groups excluding carboxylic acids is 2. The zero-order valence-electron chi connectivity index (χ0n) is 26.9. The zero-order chi connectivity index (χ0) is 34.9. The lowest BCUT2D eigenvalue weighted by atomic mass is 10.0. The molecule has 0 bridgehead atoms. The molecule has 2 aromatic rings. The highest BCUT2D eigenvalue weighted by Gasteiger charge is 2.33. The lowest BCUT2D eigenvalue weighted by molar-refractivity contribution is -0.142. The maximum absolute atomic E-state index is 14.2. The molecule has 1 heterocycles. The number of hydrogen-bond donors (Lipinski definition) is 2. The first-order chi connectivity index (χ1) is 22.0. The van der Waals surface area contributed by atoms with Gasteiger partial charge in [0, 0.05) is 49.8 Å². The molecular weight excluding hydrogens is 663 g/mol. The van der Waals surface area contributed by atoms with Crippen molar-refractivity contribution < 1.29 is 45.8 Å². The summed E-state index contributed by atoms with van der Waals surface area (Å²) in [6.07, 6.45) is -5.55. The molecule has 47 heavy (non-hydrogen) atoms. The van der Waals surface area contributed by atoms with E-state index < -0.39 is 65.5 Å². The minimum atomic E-state index is -4.50. The lowest BCUT2D eigenvalue weighted by Gasteiger charge is -2.35. The van der Waals surface area contributed by atoms with Crippen LogP contribution in [-0.2, 0) is 19.6 Å². The van der Waals surface area contributed by atoms with E-state index in [1.807, 2.05) is 13.8 Å². The molecule has 0 aliphatic carbocycles. The monoisotopic (exact) mass is 705 g/mol. The molecule has 262 valence electrons. The standard InChI is InChI=1S/C32H43ClF3N3O7S/c1-21-18-39(22(2)20-40)31(42)27-17-25(37-30(41)14-15-32(34,35)36)10-13-28(27)46-23(3)7-5-6-16-45-29(21)19-38(4)47(43,44)26-11-8-24(33)9-12-26/h8-13,17,21-23,29,40H,5-7,14-16,18-20H2,1-4H3,(H,37,41)/t21-,22+,23-,29-/m0/s1. The molecule has 1 aliphatic rings. The molecule has 15 heteroatoms. The van der Waals surface area contributed by atoms with Crippen molar-refractivity contribution in [1.82, 2.24) is 9.21 Å². The predicted octanol–water partition coefficient (Wildman–Crippen LogP) is 5.74. The Bertz CT molecular complexity index is 1460. The fourth-order valence-electron chi connectivity index (χ4n) is 5.08. The fraction of sp³-hybridized carbons (Fsp3) is 0.562. The topological polar surface area (TPSA) is 125 Å². The van der Waals surface area contributed by atoms with Crippen LogP contribution >= 0.6 is 11.6 Å². The van der Waals surface area contributed by atoms with Gasteiger partial charge in [0.2, 0.25) is 15.9 Å². The van der Waals surface area contributed by atoms with Crippen LogP contribution in [0.15, 0.2) is 47.4 Å². The van der Waals surface area contributed by atoms with Crippen molar-refractivity contribution in [2.45, 2.75) is 82.2 Å². The van der Waals surface area contributed by atoms with Crippen molar-refractivity contribution in [2.24, 2.45) is 5.92 Å². The van der Waals surface area contributed by atoms with E-state index in [9.17, 15) is 36.3 Å². The molecule has 3 rings (SSSR count). The van der Waals surface area contributed by atoms with Crippen molar-refractivity contribution in [3.05, 3.63) is 53.1 Å². The number of aliphatic hydroxyl groups is 1. The van der Waals surface area contributed by atoms with E-state index in [0.29, 0.717) is 30.9 Å². The van der Waals surface area contributed by atoms with Gasteiger partial charge < -0.3 is 24.8 Å². The van der Waals surface area contributed by atoms with Gasteiger partial charge in [-0.15, -0.1) is 0 Å². The molecule has 2 N–H and O–H groups in total. The van der Waals surface area contributed by atoms with Crippen LogP contribution in [0, 0.1) is 5.92 Å². The summed E-state index contributed by atoms with van der Waals surface area (Å²) in [5, 5.41) is 12.9. The molecule has 0 saturated carbocycles. The van der Waals surface area contributed by atoms with Crippen molar-refractivity contribution in [3.63, 3.8) is 0 Å². The van der Waals surface area contributed by atoms with Gasteiger partial charge in [-0.1, -0.05) is 18.5 Å². The summed E-state index contributed by atoms with van der Waals surface area (Å²) >= 11 is 5.94. The van der Waals surface area contributed by atoms with E-state index in [4.69, 9.17) is 21.1 Å². The van der Waals surface area contributed by atoms with Crippen LogP contribution in [0.5, 0.6) is 5.75 Å². The van der Waals surface area contributed by atoms with Crippen LogP contribution in [-0.4, -0.2) is 92.3 Å². The lowest BCUT2D eigenvalue weighted by Crippen LogP contribution is -2.48. The summed E-state index contributed by atoms with van der Waals surface area (Å²) in [6.45, 7) is 5.28. The number of rotatable bonds is 9. The van der Waals surface area contributed by atoms with E-state index in [1.54, 1.807) is 6.92 Å². The van der Waals surface area contributed by atoms with Crippen LogP contribution in [0.2, 0.25) is 5.02 Å². The Morgan fingerprint density at radius 1 is 1.17 bits per heavy atom. The second-order valence-corrected chi connectivity index (χ2v) is 14.4. The number of carbonyl (C=O) groups is 2. The molecule has 0 saturated heterocycles. The molecule has 2 aromatic carbocycles. The molecule has 0 unspecified atom stereocenters. The van der Waals surface area contributed by atoms with Gasteiger partial charge >= 0.3 is 6.18 Å². The molecule has 10 nitrogen and oxygen atoms in total. The quantitative estimate of drug-likeness (QED) is 0.341. The second kappa shape index (κ2) is 17.0. The van der Waals surface area contributed by atoms with Crippen LogP contribution < -0.4 is 10.1 Å². The van der Waals surface area contributed by atoms with Crippen molar-refractivity contribution in [1.29, 1.82) is 0 Å². The maximum atomic E-state index is 14.2. The Morgan fingerprint density at radius 3 is 2.49 bits per heavy atom. The summed E-state index contributed by atoms with van der Waals surface area (Å²) < 4.78 is 78.2. The van der Waals surface area contributed by atoms with Gasteiger partial charge in [-0.25, -0.2) is 8.42 Å². The highest BCUT2D eigenvalue weighted by atomic mass is 35.5. The summed E-state index contributed by atoms with van der Waals surface area (Å²) in [4.78, 5) is 27.9. The number of halogens is 4. The summed E-state index contributed by atoms with van der Waals surface area (Å²) in [7, 11) is -2.45. The largest absolute Gasteiger partial charge is 0.490 e. The number of alkyl halides is 3. The Morgan fingerprint density at radius 2 is 1.85 bits per heavy atom. The van der Waals surface area contributed by atoms with Crippen molar-refractivity contribution in [2.75, 3.05) is 38.7 Å². The molecule has 0 aromatic heterocycles. The third-order valence-electron chi connectivity index (χ3n) is 7.93. The SMILES string of the molecule is C[C@H](CO)N1C[C@H](C)[C@H](CN(C)S(=O)(=O)c2ccc(Cl)cc2)OCCCC[C@H](C)Oc2ccc(NC(=O)CCC(F)(F)F)cc2C1=O. The normalized spacial score (nSPS) is 21.0. The zero-order valence-corrected chi connectivity index (χ0v) is 28.5. The molecule has 2 amide bonds. The second-order valence-electron chi connectivity index (χ2n) is 11.9. The van der Waals surface area contributed by atoms with Gasteiger partial charge in [-0.2, -0.15) is 17.5 Å². The predicted molar refractivity (Wildman–Crippen MR) is 172 cm³/mol. The van der Waals surface area contributed by atoms with Gasteiger partial charge in [0.05, 0.1) is 41.7 Å². The van der Waals surface area contributed by atoms with Gasteiger partial charge in [0.1, 0.15) is 5.75 Å². The number of anilines is 1. The number of amides is 2. The Labute approximate surface area is 279 Å². The van der Waals surface area contributed by atoms with Crippen LogP contribution in [0.4, 0.5) is 18.9 Å². The van der Waals surface area contributed by atoms with E-state index >= 15 is 0 Å². The van der Waals surface area contributed by atoms with Crippen LogP contribution in [0.3, 0.4) is 0 Å². The molecule has 0 radical (unpaired) electrons. The van der Waals surface area contributed by atoms with Crippen molar-refractivity contribution >= 4 is 39.1 Å². The van der Waals surface area contributed by atoms with Gasteiger partial charge in [-0.3, -0.25) is 9.59 Å². The highest BCUT2D eigenvalue weighted by molar-refractivity contribution is 7.89. The van der Waals surface area contributed by atoms with Crippen molar-refractivity contribution in [3.8, 4) is 5.75 Å². The summed E-state index contributed by atoms with van der Waals surface area (Å²) in [5.74, 6) is -1.62. The van der Waals surface area contributed by atoms with E-state index in [-0.39, 0.29) is 41.1 Å².